The van der Waals surface area contributed by atoms with E-state index in [2.05, 4.69) is 6.07 Å². The average molecular weight is 224 g/mol. The Kier molecular flexibility index (Phi) is 2.22. The molecule has 0 atom stereocenters. The number of hydrogen-bond acceptors (Lipinski definition) is 2. The Morgan fingerprint density at radius 3 is 2.94 bits per heavy atom. The smallest absolute Gasteiger partial charge is 0.168 e. The van der Waals surface area contributed by atoms with Crippen molar-refractivity contribution >= 4 is 17.4 Å². The summed E-state index contributed by atoms with van der Waals surface area (Å²) in [6.45, 7) is 2.04. The number of aryl methyl sites for hydroxylation is 1. The van der Waals surface area contributed by atoms with E-state index < -0.39 is 0 Å². The molecule has 0 saturated heterocycles. The topological polar surface area (TPSA) is 30.2 Å². The fraction of sp³-hybridized carbons (Fsp3) is 0.133. The number of carbonyl (C=O) groups is 1. The number of benzene rings is 1. The fourth-order valence-electron chi connectivity index (χ4n) is 2.19. The van der Waals surface area contributed by atoms with Gasteiger partial charge in [0.2, 0.25) is 0 Å². The summed E-state index contributed by atoms with van der Waals surface area (Å²) in [5, 5.41) is 0. The van der Waals surface area contributed by atoms with Gasteiger partial charge in [0.05, 0.1) is 6.26 Å². The summed E-state index contributed by atoms with van der Waals surface area (Å²) in [4.78, 5) is 12.0. The molecule has 1 aliphatic rings. The number of hydrogen-bond donors (Lipinski definition) is 0. The van der Waals surface area contributed by atoms with Crippen molar-refractivity contribution in [2.24, 2.45) is 0 Å². The van der Waals surface area contributed by atoms with Crippen molar-refractivity contribution in [2.75, 3.05) is 0 Å². The second-order valence-corrected chi connectivity index (χ2v) is 4.33. The van der Waals surface area contributed by atoms with Crippen LogP contribution in [0.3, 0.4) is 0 Å². The second kappa shape index (κ2) is 3.74. The van der Waals surface area contributed by atoms with Crippen molar-refractivity contribution < 1.29 is 9.21 Å². The highest BCUT2D eigenvalue weighted by Crippen LogP contribution is 2.31. The quantitative estimate of drug-likeness (QED) is 0.696. The molecule has 3 rings (SSSR count). The Morgan fingerprint density at radius 1 is 1.29 bits per heavy atom. The largest absolute Gasteiger partial charge is 0.465 e. The SMILES string of the molecule is Cc1ccc2c(c1)/C(=C/c1ccco1)C(=O)C2. The predicted molar refractivity (Wildman–Crippen MR) is 66.5 cm³/mol. The monoisotopic (exact) mass is 224 g/mol. The van der Waals surface area contributed by atoms with E-state index in [4.69, 9.17) is 4.42 Å². The van der Waals surface area contributed by atoms with Crippen LogP contribution in [0.4, 0.5) is 0 Å². The number of Topliss-reactive ketones (excluding diaryl/α,β-unsaturated/α-hetero) is 1. The van der Waals surface area contributed by atoms with Gasteiger partial charge < -0.3 is 4.42 Å². The molecule has 0 bridgehead atoms. The Bertz CT molecular complexity index is 604. The van der Waals surface area contributed by atoms with Crippen LogP contribution in [-0.4, -0.2) is 5.78 Å². The van der Waals surface area contributed by atoms with Crippen molar-refractivity contribution in [3.8, 4) is 0 Å². The van der Waals surface area contributed by atoms with Crippen LogP contribution >= 0.6 is 0 Å². The van der Waals surface area contributed by atoms with Crippen LogP contribution in [0.15, 0.2) is 41.0 Å². The second-order valence-electron chi connectivity index (χ2n) is 4.33. The molecule has 0 unspecified atom stereocenters. The lowest BCUT2D eigenvalue weighted by Gasteiger charge is -2.00. The van der Waals surface area contributed by atoms with Crippen LogP contribution in [-0.2, 0) is 11.2 Å². The molecule has 0 amide bonds. The number of allylic oxidation sites excluding steroid dienone is 1. The minimum atomic E-state index is 0.169. The maximum atomic E-state index is 12.0. The van der Waals surface area contributed by atoms with Crippen molar-refractivity contribution in [2.45, 2.75) is 13.3 Å². The van der Waals surface area contributed by atoms with Gasteiger partial charge in [-0.3, -0.25) is 4.79 Å². The number of furan rings is 1. The molecule has 2 aromatic rings. The Balaban J connectivity index is 2.13. The summed E-state index contributed by atoms with van der Waals surface area (Å²) < 4.78 is 5.26. The molecule has 1 aromatic carbocycles. The van der Waals surface area contributed by atoms with Crippen molar-refractivity contribution in [3.05, 3.63) is 59.0 Å². The third kappa shape index (κ3) is 1.72. The van der Waals surface area contributed by atoms with Crippen LogP contribution in [0, 0.1) is 6.92 Å². The number of fused-ring (bicyclic) bond motifs is 1. The Hall–Kier alpha value is -2.09. The normalized spacial score (nSPS) is 16.5. The van der Waals surface area contributed by atoms with Gasteiger partial charge in [-0.25, -0.2) is 0 Å². The van der Waals surface area contributed by atoms with Crippen molar-refractivity contribution in [1.29, 1.82) is 0 Å². The lowest BCUT2D eigenvalue weighted by atomic mass is 10.0. The highest BCUT2D eigenvalue weighted by atomic mass is 16.3. The maximum Gasteiger partial charge on any atom is 0.168 e. The molecule has 0 N–H and O–H groups in total. The molecule has 0 fully saturated rings. The zero-order valence-corrected chi connectivity index (χ0v) is 9.57. The van der Waals surface area contributed by atoms with E-state index in [9.17, 15) is 4.79 Å². The first-order valence-corrected chi connectivity index (χ1v) is 5.62. The fourth-order valence-corrected chi connectivity index (χ4v) is 2.19. The maximum absolute atomic E-state index is 12.0. The highest BCUT2D eigenvalue weighted by Gasteiger charge is 2.24. The van der Waals surface area contributed by atoms with E-state index in [1.807, 2.05) is 37.3 Å². The Morgan fingerprint density at radius 2 is 2.18 bits per heavy atom. The lowest BCUT2D eigenvalue weighted by molar-refractivity contribution is -0.112. The van der Waals surface area contributed by atoms with Crippen LogP contribution in [0.1, 0.15) is 22.5 Å². The van der Waals surface area contributed by atoms with Gasteiger partial charge >= 0.3 is 0 Å². The lowest BCUT2D eigenvalue weighted by Crippen LogP contribution is -1.93. The first kappa shape index (κ1) is 10.1. The van der Waals surface area contributed by atoms with Gasteiger partial charge in [-0.2, -0.15) is 0 Å². The van der Waals surface area contributed by atoms with Crippen LogP contribution in [0.25, 0.3) is 11.6 Å². The molecule has 84 valence electrons. The van der Waals surface area contributed by atoms with E-state index in [0.717, 1.165) is 22.5 Å². The zero-order valence-electron chi connectivity index (χ0n) is 9.57. The van der Waals surface area contributed by atoms with E-state index in [-0.39, 0.29) is 5.78 Å². The highest BCUT2D eigenvalue weighted by molar-refractivity contribution is 6.29. The molecule has 17 heavy (non-hydrogen) atoms. The van der Waals surface area contributed by atoms with Crippen LogP contribution in [0.5, 0.6) is 0 Å². The standard InChI is InChI=1S/C15H12O2/c1-10-4-5-11-8-15(16)14(13(11)7-10)9-12-3-2-6-17-12/h2-7,9H,8H2,1H3/b14-9-. The molecule has 1 aliphatic carbocycles. The summed E-state index contributed by atoms with van der Waals surface area (Å²) in [6.07, 6.45) is 3.94. The van der Waals surface area contributed by atoms with Gasteiger partial charge in [0.1, 0.15) is 5.76 Å². The molecule has 2 nitrogen and oxygen atoms in total. The third-order valence-corrected chi connectivity index (χ3v) is 3.04. The molecule has 0 spiro atoms. The first-order chi connectivity index (χ1) is 8.24. The van der Waals surface area contributed by atoms with Gasteiger partial charge in [-0.1, -0.05) is 23.8 Å². The molecule has 1 aromatic heterocycles. The summed E-state index contributed by atoms with van der Waals surface area (Å²) in [5.74, 6) is 0.893. The molecular weight excluding hydrogens is 212 g/mol. The summed E-state index contributed by atoms with van der Waals surface area (Å²) in [6, 6.07) is 9.82. The number of carbonyl (C=O) groups excluding carboxylic acids is 1. The van der Waals surface area contributed by atoms with Crippen LogP contribution < -0.4 is 0 Å². The van der Waals surface area contributed by atoms with Crippen molar-refractivity contribution in [3.63, 3.8) is 0 Å². The van der Waals surface area contributed by atoms with Gasteiger partial charge in [0.15, 0.2) is 5.78 Å². The molecule has 0 radical (unpaired) electrons. The first-order valence-electron chi connectivity index (χ1n) is 5.62. The summed E-state index contributed by atoms with van der Waals surface area (Å²) in [7, 11) is 0. The number of ketones is 1. The van der Waals surface area contributed by atoms with E-state index in [1.165, 1.54) is 5.56 Å². The molecule has 0 saturated carbocycles. The minimum Gasteiger partial charge on any atom is -0.465 e. The van der Waals surface area contributed by atoms with Crippen molar-refractivity contribution in [1.82, 2.24) is 0 Å². The van der Waals surface area contributed by atoms with Crippen LogP contribution in [0.2, 0.25) is 0 Å². The van der Waals surface area contributed by atoms with Gasteiger partial charge in [0, 0.05) is 12.0 Å². The Labute approximate surface area is 99.6 Å². The van der Waals surface area contributed by atoms with E-state index in [0.29, 0.717) is 6.42 Å². The van der Waals surface area contributed by atoms with Gasteiger partial charge in [-0.05, 0) is 36.3 Å². The molecule has 0 aliphatic heterocycles. The predicted octanol–water partition coefficient (Wildman–Crippen LogP) is 3.25. The summed E-state index contributed by atoms with van der Waals surface area (Å²) in [5.41, 5.74) is 4.09. The average Bonchev–Trinajstić information content (AvgIpc) is 2.90. The minimum absolute atomic E-state index is 0.169. The van der Waals surface area contributed by atoms with E-state index in [1.54, 1.807) is 6.26 Å². The zero-order chi connectivity index (χ0) is 11.8. The van der Waals surface area contributed by atoms with E-state index >= 15 is 0 Å². The molecular formula is C15H12O2. The molecule has 2 heteroatoms. The van der Waals surface area contributed by atoms with Gasteiger partial charge in [0.25, 0.3) is 0 Å². The number of rotatable bonds is 1. The van der Waals surface area contributed by atoms with Gasteiger partial charge in [-0.15, -0.1) is 0 Å². The third-order valence-electron chi connectivity index (χ3n) is 3.04. The summed E-state index contributed by atoms with van der Waals surface area (Å²) >= 11 is 0. The molecule has 1 heterocycles.